The molecule has 3 nitrogen and oxygen atoms in total. The van der Waals surface area contributed by atoms with Crippen LogP contribution in [0.4, 0.5) is 13.2 Å². The van der Waals surface area contributed by atoms with E-state index < -0.39 is 30.2 Å². The number of hydrogen-bond donors (Lipinski definition) is 1. The van der Waals surface area contributed by atoms with Crippen LogP contribution in [0.5, 0.6) is 11.5 Å². The Hall–Kier alpha value is -2.21. The maximum atomic E-state index is 13.6. The van der Waals surface area contributed by atoms with E-state index in [1.54, 1.807) is 0 Å². The van der Waals surface area contributed by atoms with E-state index in [0.717, 1.165) is 24.3 Å². The van der Waals surface area contributed by atoms with Crippen LogP contribution in [0.15, 0.2) is 36.4 Å². The lowest BCUT2D eigenvalue weighted by atomic mass is 10.1. The first-order valence-electron chi connectivity index (χ1n) is 6.11. The molecule has 0 fully saturated rings. The van der Waals surface area contributed by atoms with Crippen molar-refractivity contribution >= 4 is 0 Å². The summed E-state index contributed by atoms with van der Waals surface area (Å²) in [4.78, 5) is 0. The van der Waals surface area contributed by atoms with Crippen LogP contribution in [0.25, 0.3) is 0 Å². The monoisotopic (exact) mass is 298 g/mol. The van der Waals surface area contributed by atoms with Crippen LogP contribution in [-0.2, 0) is 0 Å². The van der Waals surface area contributed by atoms with E-state index in [4.69, 9.17) is 9.47 Å². The summed E-state index contributed by atoms with van der Waals surface area (Å²) in [6.07, 6.45) is -1.44. The van der Waals surface area contributed by atoms with Gasteiger partial charge in [0.05, 0.1) is 7.11 Å². The molecule has 0 saturated heterocycles. The summed E-state index contributed by atoms with van der Waals surface area (Å²) in [6.45, 7) is -0.447. The average Bonchev–Trinajstić information content (AvgIpc) is 2.47. The van der Waals surface area contributed by atoms with Gasteiger partial charge < -0.3 is 14.6 Å². The normalized spacial score (nSPS) is 12.0. The zero-order valence-corrected chi connectivity index (χ0v) is 11.1. The van der Waals surface area contributed by atoms with Crippen LogP contribution >= 0.6 is 0 Å². The summed E-state index contributed by atoms with van der Waals surface area (Å²) in [5, 5.41) is 9.85. The predicted molar refractivity (Wildman–Crippen MR) is 69.8 cm³/mol. The molecular formula is C15H13F3O3. The minimum absolute atomic E-state index is 0.141. The molecule has 0 aliphatic heterocycles. The van der Waals surface area contributed by atoms with Crippen molar-refractivity contribution in [1.82, 2.24) is 0 Å². The number of methoxy groups -OCH3 is 1. The lowest BCUT2D eigenvalue weighted by Crippen LogP contribution is -2.12. The zero-order chi connectivity index (χ0) is 15.4. The molecule has 6 heteroatoms. The molecule has 0 bridgehead atoms. The molecule has 21 heavy (non-hydrogen) atoms. The fraction of sp³-hybridized carbons (Fsp3) is 0.200. The predicted octanol–water partition coefficient (Wildman–Crippen LogP) is 3.22. The summed E-state index contributed by atoms with van der Waals surface area (Å²) in [6, 6.07) is 6.77. The minimum atomic E-state index is -1.44. The first kappa shape index (κ1) is 15.2. The quantitative estimate of drug-likeness (QED) is 0.921. The largest absolute Gasteiger partial charge is 0.493 e. The van der Waals surface area contributed by atoms with Gasteiger partial charge in [-0.3, -0.25) is 0 Å². The van der Waals surface area contributed by atoms with Crippen molar-refractivity contribution in [3.63, 3.8) is 0 Å². The third kappa shape index (κ3) is 3.46. The zero-order valence-electron chi connectivity index (χ0n) is 11.1. The van der Waals surface area contributed by atoms with Gasteiger partial charge in [0.1, 0.15) is 24.3 Å². The average molecular weight is 298 g/mol. The molecule has 2 aromatic rings. The number of rotatable bonds is 5. The van der Waals surface area contributed by atoms with E-state index in [1.165, 1.54) is 19.2 Å². The fourth-order valence-corrected chi connectivity index (χ4v) is 1.81. The Kier molecular flexibility index (Phi) is 4.70. The van der Waals surface area contributed by atoms with Gasteiger partial charge in [0.25, 0.3) is 0 Å². The van der Waals surface area contributed by atoms with E-state index in [0.29, 0.717) is 0 Å². The Morgan fingerprint density at radius 1 is 1.10 bits per heavy atom. The summed E-state index contributed by atoms with van der Waals surface area (Å²) in [7, 11) is 1.34. The summed E-state index contributed by atoms with van der Waals surface area (Å²) in [5.41, 5.74) is -0.259. The van der Waals surface area contributed by atoms with Crippen molar-refractivity contribution in [3.05, 3.63) is 59.4 Å². The fourth-order valence-electron chi connectivity index (χ4n) is 1.81. The highest BCUT2D eigenvalue weighted by molar-refractivity contribution is 5.40. The summed E-state index contributed by atoms with van der Waals surface area (Å²) < 4.78 is 50.2. The van der Waals surface area contributed by atoms with Gasteiger partial charge >= 0.3 is 0 Å². The van der Waals surface area contributed by atoms with E-state index in [2.05, 4.69) is 0 Å². The second-order valence-corrected chi connectivity index (χ2v) is 4.26. The van der Waals surface area contributed by atoms with Crippen molar-refractivity contribution in [1.29, 1.82) is 0 Å². The molecule has 0 amide bonds. The minimum Gasteiger partial charge on any atom is -0.493 e. The molecule has 1 N–H and O–H groups in total. The van der Waals surface area contributed by atoms with E-state index in [9.17, 15) is 18.3 Å². The molecule has 0 aliphatic rings. The Balaban J connectivity index is 2.15. The second-order valence-electron chi connectivity index (χ2n) is 4.26. The first-order valence-corrected chi connectivity index (χ1v) is 6.11. The van der Waals surface area contributed by atoms with Crippen molar-refractivity contribution in [3.8, 4) is 11.5 Å². The van der Waals surface area contributed by atoms with E-state index in [1.807, 2.05) is 0 Å². The van der Waals surface area contributed by atoms with Gasteiger partial charge in [-0.1, -0.05) is 6.07 Å². The van der Waals surface area contributed by atoms with Crippen LogP contribution in [0.3, 0.4) is 0 Å². The molecule has 112 valence electrons. The van der Waals surface area contributed by atoms with Gasteiger partial charge in [0.15, 0.2) is 17.3 Å². The maximum absolute atomic E-state index is 13.6. The molecule has 1 unspecified atom stereocenters. The number of aliphatic hydroxyl groups is 1. The summed E-state index contributed by atoms with van der Waals surface area (Å²) in [5.74, 6) is -2.19. The number of benzene rings is 2. The van der Waals surface area contributed by atoms with Gasteiger partial charge in [-0.25, -0.2) is 13.2 Å². The number of ether oxygens (including phenoxy) is 2. The Morgan fingerprint density at radius 3 is 2.57 bits per heavy atom. The topological polar surface area (TPSA) is 38.7 Å². The van der Waals surface area contributed by atoms with Crippen LogP contribution < -0.4 is 9.47 Å². The van der Waals surface area contributed by atoms with Gasteiger partial charge in [-0.15, -0.1) is 0 Å². The molecule has 0 spiro atoms. The number of aliphatic hydroxyl groups excluding tert-OH is 1. The molecule has 2 rings (SSSR count). The van der Waals surface area contributed by atoms with E-state index in [-0.39, 0.29) is 17.1 Å². The Bertz CT molecular complexity index is 632. The highest BCUT2D eigenvalue weighted by Gasteiger charge is 2.17. The van der Waals surface area contributed by atoms with Crippen molar-refractivity contribution in [2.75, 3.05) is 13.7 Å². The summed E-state index contributed by atoms with van der Waals surface area (Å²) >= 11 is 0. The van der Waals surface area contributed by atoms with Crippen LogP contribution in [0.2, 0.25) is 0 Å². The molecular weight excluding hydrogens is 285 g/mol. The number of halogens is 3. The van der Waals surface area contributed by atoms with E-state index >= 15 is 0 Å². The third-order valence-corrected chi connectivity index (χ3v) is 2.85. The molecule has 2 aromatic carbocycles. The van der Waals surface area contributed by atoms with Crippen LogP contribution in [-0.4, -0.2) is 18.8 Å². The number of hydrogen-bond acceptors (Lipinski definition) is 3. The van der Waals surface area contributed by atoms with Crippen LogP contribution in [0.1, 0.15) is 11.7 Å². The SMILES string of the molecule is COc1cccc(F)c1OCC(O)c1cc(F)ccc1F. The number of para-hydroxylation sites is 1. The third-order valence-electron chi connectivity index (χ3n) is 2.85. The first-order chi connectivity index (χ1) is 10.0. The lowest BCUT2D eigenvalue weighted by Gasteiger charge is -2.15. The highest BCUT2D eigenvalue weighted by Crippen LogP contribution is 2.30. The van der Waals surface area contributed by atoms with Crippen molar-refractivity contribution < 1.29 is 27.8 Å². The maximum Gasteiger partial charge on any atom is 0.197 e. The molecule has 0 saturated carbocycles. The smallest absolute Gasteiger partial charge is 0.197 e. The van der Waals surface area contributed by atoms with Gasteiger partial charge in [-0.05, 0) is 30.3 Å². The molecule has 0 heterocycles. The van der Waals surface area contributed by atoms with Crippen LogP contribution in [0, 0.1) is 17.5 Å². The lowest BCUT2D eigenvalue weighted by molar-refractivity contribution is 0.100. The Labute approximate surface area is 119 Å². The van der Waals surface area contributed by atoms with Gasteiger partial charge in [-0.2, -0.15) is 0 Å². The molecule has 1 atom stereocenters. The molecule has 0 aromatic heterocycles. The standard InChI is InChI=1S/C15H13F3O3/c1-20-14-4-2-3-12(18)15(14)21-8-13(19)10-7-9(16)5-6-11(10)17/h2-7,13,19H,8H2,1H3. The molecule has 0 aliphatic carbocycles. The van der Waals surface area contributed by atoms with Gasteiger partial charge in [0, 0.05) is 5.56 Å². The second kappa shape index (κ2) is 6.49. The Morgan fingerprint density at radius 2 is 1.86 bits per heavy atom. The van der Waals surface area contributed by atoms with Crippen molar-refractivity contribution in [2.24, 2.45) is 0 Å². The highest BCUT2D eigenvalue weighted by atomic mass is 19.1. The van der Waals surface area contributed by atoms with Gasteiger partial charge in [0.2, 0.25) is 0 Å². The molecule has 0 radical (unpaired) electrons. The van der Waals surface area contributed by atoms with Crippen molar-refractivity contribution in [2.45, 2.75) is 6.10 Å².